The Balaban J connectivity index is 0.00000576. The van der Waals surface area contributed by atoms with Gasteiger partial charge in [-0.1, -0.05) is 31.2 Å². The van der Waals surface area contributed by atoms with Gasteiger partial charge in [0.2, 0.25) is 0 Å². The van der Waals surface area contributed by atoms with Crippen molar-refractivity contribution in [3.05, 3.63) is 35.4 Å². The zero-order chi connectivity index (χ0) is 18.0. The van der Waals surface area contributed by atoms with Crippen molar-refractivity contribution in [2.24, 2.45) is 4.99 Å². The molecule has 0 aromatic heterocycles. The van der Waals surface area contributed by atoms with Crippen LogP contribution in [0.4, 0.5) is 13.2 Å². The van der Waals surface area contributed by atoms with Crippen molar-refractivity contribution in [3.63, 3.8) is 0 Å². The van der Waals surface area contributed by atoms with Crippen LogP contribution in [0.15, 0.2) is 29.3 Å². The smallest absolute Gasteiger partial charge is 0.367 e. The number of hydrogen-bond donors (Lipinski definition) is 2. The summed E-state index contributed by atoms with van der Waals surface area (Å²) in [6.07, 6.45) is -3.32. The van der Waals surface area contributed by atoms with Gasteiger partial charge in [-0.05, 0) is 31.4 Å². The Labute approximate surface area is 164 Å². The quantitative estimate of drug-likeness (QED) is 0.338. The van der Waals surface area contributed by atoms with E-state index in [-0.39, 0.29) is 30.6 Å². The molecule has 0 bridgehead atoms. The van der Waals surface area contributed by atoms with E-state index in [2.05, 4.69) is 34.2 Å². The first-order valence-electron chi connectivity index (χ1n) is 8.11. The van der Waals surface area contributed by atoms with E-state index in [1.165, 1.54) is 0 Å². The first kappa shape index (κ1) is 24.0. The number of nitrogens with one attached hydrogen (secondary N) is 2. The van der Waals surface area contributed by atoms with Crippen LogP contribution in [0.5, 0.6) is 0 Å². The minimum absolute atomic E-state index is 0. The van der Waals surface area contributed by atoms with Gasteiger partial charge in [0.25, 0.3) is 0 Å². The number of benzene rings is 1. The van der Waals surface area contributed by atoms with Crippen LogP contribution in [-0.4, -0.2) is 31.3 Å². The van der Waals surface area contributed by atoms with E-state index in [1.54, 1.807) is 12.1 Å². The van der Waals surface area contributed by atoms with Crippen LogP contribution >= 0.6 is 24.0 Å². The Hall–Kier alpha value is -1.03. The van der Waals surface area contributed by atoms with E-state index in [0.29, 0.717) is 18.2 Å². The van der Waals surface area contributed by atoms with Crippen molar-refractivity contribution >= 4 is 29.9 Å². The second kappa shape index (κ2) is 12.3. The maximum absolute atomic E-state index is 12.1. The summed E-state index contributed by atoms with van der Waals surface area (Å²) < 4.78 is 41.0. The highest BCUT2D eigenvalue weighted by Gasteiger charge is 2.27. The molecule has 0 saturated carbocycles. The van der Waals surface area contributed by atoms with Crippen molar-refractivity contribution in [2.45, 2.75) is 52.6 Å². The summed E-state index contributed by atoms with van der Waals surface area (Å²) >= 11 is 0. The number of alkyl halides is 3. The average molecular weight is 473 g/mol. The van der Waals surface area contributed by atoms with E-state index in [4.69, 9.17) is 0 Å². The lowest BCUT2D eigenvalue weighted by atomic mass is 10.1. The number of aliphatic imine (C=N–C) groups is 1. The largest absolute Gasteiger partial charge is 0.411 e. The van der Waals surface area contributed by atoms with Crippen molar-refractivity contribution in [1.29, 1.82) is 0 Å². The van der Waals surface area contributed by atoms with Crippen LogP contribution in [0.2, 0.25) is 0 Å². The number of rotatable bonds is 8. The maximum atomic E-state index is 12.1. The molecule has 0 aliphatic carbocycles. The van der Waals surface area contributed by atoms with Crippen LogP contribution in [0.1, 0.15) is 38.3 Å². The lowest BCUT2D eigenvalue weighted by molar-refractivity contribution is -0.176. The van der Waals surface area contributed by atoms with Gasteiger partial charge >= 0.3 is 6.18 Å². The highest BCUT2D eigenvalue weighted by atomic mass is 127. The third kappa shape index (κ3) is 11.2. The van der Waals surface area contributed by atoms with E-state index >= 15 is 0 Å². The number of hydrogen-bond acceptors (Lipinski definition) is 2. The molecule has 0 spiro atoms. The highest BCUT2D eigenvalue weighted by Crippen LogP contribution is 2.16. The minimum Gasteiger partial charge on any atom is -0.367 e. The molecule has 1 rings (SSSR count). The van der Waals surface area contributed by atoms with Crippen LogP contribution in [0.25, 0.3) is 0 Å². The molecule has 1 unspecified atom stereocenters. The monoisotopic (exact) mass is 473 g/mol. The Bertz CT molecular complexity index is 524. The molecular weight excluding hydrogens is 446 g/mol. The van der Waals surface area contributed by atoms with Crippen molar-refractivity contribution in [3.8, 4) is 0 Å². The summed E-state index contributed by atoms with van der Waals surface area (Å²) in [7, 11) is 0. The lowest BCUT2D eigenvalue weighted by Crippen LogP contribution is -2.41. The normalized spacial score (nSPS) is 13.1. The summed E-state index contributed by atoms with van der Waals surface area (Å²) in [6.45, 7) is 6.05. The van der Waals surface area contributed by atoms with E-state index in [0.717, 1.165) is 24.5 Å². The SMILES string of the molecule is CCNC(=NCc1cccc(COCC(F)(F)F)c1)NC(C)CC.I. The number of ether oxygens (including phenoxy) is 1. The Morgan fingerprint density at radius 1 is 1.24 bits per heavy atom. The molecule has 1 atom stereocenters. The fourth-order valence-corrected chi connectivity index (χ4v) is 1.93. The lowest BCUT2D eigenvalue weighted by Gasteiger charge is -2.16. The van der Waals surface area contributed by atoms with Crippen LogP contribution in [0, 0.1) is 0 Å². The zero-order valence-electron chi connectivity index (χ0n) is 14.8. The molecular formula is C17H27F3IN3O. The molecule has 0 amide bonds. The summed E-state index contributed by atoms with van der Waals surface area (Å²) in [4.78, 5) is 4.51. The molecule has 0 radical (unpaired) electrons. The topological polar surface area (TPSA) is 45.7 Å². The minimum atomic E-state index is -4.30. The average Bonchev–Trinajstić information content (AvgIpc) is 2.52. The second-order valence-electron chi connectivity index (χ2n) is 5.58. The van der Waals surface area contributed by atoms with E-state index in [9.17, 15) is 13.2 Å². The molecule has 25 heavy (non-hydrogen) atoms. The van der Waals surface area contributed by atoms with E-state index < -0.39 is 12.8 Å². The van der Waals surface area contributed by atoms with Gasteiger partial charge in [-0.2, -0.15) is 13.2 Å². The van der Waals surface area contributed by atoms with Gasteiger partial charge in [0.1, 0.15) is 6.61 Å². The van der Waals surface area contributed by atoms with E-state index in [1.807, 2.05) is 19.1 Å². The van der Waals surface area contributed by atoms with Crippen molar-refractivity contribution in [2.75, 3.05) is 13.2 Å². The molecule has 0 heterocycles. The van der Waals surface area contributed by atoms with Crippen LogP contribution in [-0.2, 0) is 17.9 Å². The summed E-state index contributed by atoms with van der Waals surface area (Å²) in [5.41, 5.74) is 1.62. The second-order valence-corrected chi connectivity index (χ2v) is 5.58. The van der Waals surface area contributed by atoms with Gasteiger partial charge in [-0.3, -0.25) is 0 Å². The standard InChI is InChI=1S/C17H26F3N3O.HI/c1-4-13(3)23-16(21-5-2)22-10-14-7-6-8-15(9-14)11-24-12-17(18,19)20;/h6-9,13H,4-5,10-12H2,1-3H3,(H2,21,22,23);1H. The van der Waals surface area contributed by atoms with Gasteiger partial charge in [0.05, 0.1) is 13.2 Å². The Morgan fingerprint density at radius 3 is 2.52 bits per heavy atom. The first-order valence-corrected chi connectivity index (χ1v) is 8.11. The molecule has 1 aromatic rings. The number of nitrogens with zero attached hydrogens (tertiary/aromatic N) is 1. The summed E-state index contributed by atoms with van der Waals surface area (Å²) in [5.74, 6) is 0.727. The summed E-state index contributed by atoms with van der Waals surface area (Å²) in [6, 6.07) is 7.55. The predicted molar refractivity (Wildman–Crippen MR) is 105 cm³/mol. The Kier molecular flexibility index (Phi) is 11.8. The maximum Gasteiger partial charge on any atom is 0.411 e. The van der Waals surface area contributed by atoms with Crippen LogP contribution < -0.4 is 10.6 Å². The molecule has 2 N–H and O–H groups in total. The van der Waals surface area contributed by atoms with Gasteiger partial charge in [-0.15, -0.1) is 24.0 Å². The fourth-order valence-electron chi connectivity index (χ4n) is 1.93. The van der Waals surface area contributed by atoms with Crippen LogP contribution in [0.3, 0.4) is 0 Å². The highest BCUT2D eigenvalue weighted by molar-refractivity contribution is 14.0. The molecule has 1 aromatic carbocycles. The van der Waals surface area contributed by atoms with Gasteiger partial charge in [-0.25, -0.2) is 4.99 Å². The zero-order valence-corrected chi connectivity index (χ0v) is 17.2. The third-order valence-corrected chi connectivity index (χ3v) is 3.29. The molecule has 0 saturated heterocycles. The van der Waals surface area contributed by atoms with Gasteiger partial charge in [0, 0.05) is 12.6 Å². The molecule has 8 heteroatoms. The predicted octanol–water partition coefficient (Wildman–Crippen LogP) is 4.24. The Morgan fingerprint density at radius 2 is 1.92 bits per heavy atom. The number of guanidine groups is 1. The van der Waals surface area contributed by atoms with Crippen molar-refractivity contribution in [1.82, 2.24) is 10.6 Å². The molecule has 0 aliphatic rings. The number of halogens is 4. The molecule has 0 aliphatic heterocycles. The molecule has 144 valence electrons. The van der Waals surface area contributed by atoms with Gasteiger partial charge < -0.3 is 15.4 Å². The van der Waals surface area contributed by atoms with Crippen molar-refractivity contribution < 1.29 is 17.9 Å². The first-order chi connectivity index (χ1) is 11.3. The molecule has 4 nitrogen and oxygen atoms in total. The molecule has 0 fully saturated rings. The fraction of sp³-hybridized carbons (Fsp3) is 0.588. The summed E-state index contributed by atoms with van der Waals surface area (Å²) in [5, 5.41) is 6.47. The van der Waals surface area contributed by atoms with Gasteiger partial charge in [0.15, 0.2) is 5.96 Å². The third-order valence-electron chi connectivity index (χ3n) is 3.29.